The van der Waals surface area contributed by atoms with E-state index >= 15 is 0 Å². The predicted octanol–water partition coefficient (Wildman–Crippen LogP) is -6.10. The van der Waals surface area contributed by atoms with Crippen molar-refractivity contribution in [2.24, 2.45) is 0 Å². The maximum absolute atomic E-state index is 11.5. The summed E-state index contributed by atoms with van der Waals surface area (Å²) in [6, 6.07) is 0. The van der Waals surface area contributed by atoms with E-state index in [1.807, 2.05) is 0 Å². The van der Waals surface area contributed by atoms with Crippen molar-refractivity contribution in [2.45, 2.75) is 24.5 Å². The molecular formula is C8H13ClN4O8. The molecule has 0 amide bonds. The number of aliphatic hydroxyl groups is 3. The van der Waals surface area contributed by atoms with Crippen LogP contribution in [0.25, 0.3) is 0 Å². The van der Waals surface area contributed by atoms with Crippen molar-refractivity contribution in [3.8, 4) is 0 Å². The summed E-state index contributed by atoms with van der Waals surface area (Å²) in [7, 11) is -2.60. The van der Waals surface area contributed by atoms with E-state index in [1.54, 1.807) is 0 Å². The Labute approximate surface area is 120 Å². The van der Waals surface area contributed by atoms with Crippen molar-refractivity contribution >= 4 is 5.95 Å². The highest BCUT2D eigenvalue weighted by Crippen LogP contribution is 2.27. The number of nitrogens with zero attached hydrogens (tertiary/aromatic N) is 3. The van der Waals surface area contributed by atoms with Gasteiger partial charge in [-0.25, -0.2) is 9.78 Å². The molecule has 0 aromatic carbocycles. The topological polar surface area (TPSA) is 210 Å². The summed E-state index contributed by atoms with van der Waals surface area (Å²) in [5.41, 5.74) is 4.46. The van der Waals surface area contributed by atoms with Crippen molar-refractivity contribution in [1.29, 1.82) is 0 Å². The van der Waals surface area contributed by atoms with Crippen LogP contribution in [0.2, 0.25) is 0 Å². The zero-order valence-corrected chi connectivity index (χ0v) is 11.1. The summed E-state index contributed by atoms with van der Waals surface area (Å²) >= 11 is 0. The number of rotatable bonds is 2. The molecule has 1 aliphatic rings. The van der Waals surface area contributed by atoms with Gasteiger partial charge < -0.3 is 35.1 Å². The molecule has 0 radical (unpaired) electrons. The van der Waals surface area contributed by atoms with Crippen LogP contribution in [0.1, 0.15) is 6.23 Å². The van der Waals surface area contributed by atoms with Gasteiger partial charge in [-0.1, -0.05) is 0 Å². The van der Waals surface area contributed by atoms with Gasteiger partial charge in [0.15, 0.2) is 6.23 Å². The summed E-state index contributed by atoms with van der Waals surface area (Å²) in [4.78, 5) is 18.4. The lowest BCUT2D eigenvalue weighted by Gasteiger charge is -2.16. The molecule has 21 heavy (non-hydrogen) atoms. The van der Waals surface area contributed by atoms with Crippen LogP contribution in [-0.4, -0.2) is 59.4 Å². The number of aromatic nitrogens is 3. The lowest BCUT2D eigenvalue weighted by atomic mass is 10.1. The minimum Gasteiger partial charge on any atom is -0.394 e. The summed E-state index contributed by atoms with van der Waals surface area (Å²) in [5.74, 6) is -0.196. The van der Waals surface area contributed by atoms with Gasteiger partial charge in [0, 0.05) is 4.66 Å². The lowest BCUT2D eigenvalue weighted by molar-refractivity contribution is -1.63. The molecule has 0 bridgehead atoms. The third kappa shape index (κ3) is 4.55. The number of anilines is 1. The van der Waals surface area contributed by atoms with Gasteiger partial charge in [-0.2, -0.15) is 4.98 Å². The van der Waals surface area contributed by atoms with E-state index in [9.17, 15) is 15.0 Å². The quantitative estimate of drug-likeness (QED) is 0.344. The second-order valence-electron chi connectivity index (χ2n) is 3.83. The Morgan fingerprint density at radius 3 is 2.43 bits per heavy atom. The average molecular weight is 329 g/mol. The van der Waals surface area contributed by atoms with E-state index in [0.717, 1.165) is 10.9 Å². The third-order valence-corrected chi connectivity index (χ3v) is 2.54. The molecule has 6 N–H and O–H groups in total. The molecule has 13 heteroatoms. The van der Waals surface area contributed by atoms with E-state index in [4.69, 9.17) is 29.6 Å². The Hall–Kier alpha value is -1.38. The second-order valence-corrected chi connectivity index (χ2v) is 4.24. The number of nitrogens with two attached hydrogens (primary N) is 1. The van der Waals surface area contributed by atoms with Crippen LogP contribution in [0.5, 0.6) is 0 Å². The molecule has 0 aliphatic carbocycles. The molecule has 0 unspecified atom stereocenters. The van der Waals surface area contributed by atoms with Gasteiger partial charge in [-0.05, 0) is 0 Å². The first-order valence-corrected chi connectivity index (χ1v) is 6.31. The minimum absolute atomic E-state index is 0.196. The first kappa shape index (κ1) is 17.7. The van der Waals surface area contributed by atoms with Gasteiger partial charge in [0.05, 0.1) is 6.61 Å². The van der Waals surface area contributed by atoms with Crippen molar-refractivity contribution < 1.29 is 44.8 Å². The number of hydrogen-bond acceptors (Lipinski definition) is 11. The molecule has 1 saturated heterocycles. The lowest BCUT2D eigenvalue weighted by Crippen LogP contribution is -2.36. The molecule has 1 fully saturated rings. The highest BCUT2D eigenvalue weighted by Gasteiger charge is 2.43. The van der Waals surface area contributed by atoms with Gasteiger partial charge in [-0.15, -0.1) is 0 Å². The first-order valence-electron chi connectivity index (χ1n) is 5.35. The van der Waals surface area contributed by atoms with Crippen LogP contribution in [0.4, 0.5) is 5.95 Å². The Morgan fingerprint density at radius 2 is 2.00 bits per heavy atom. The molecular weight excluding hydrogens is 316 g/mol. The van der Waals surface area contributed by atoms with E-state index < -0.39 is 47.6 Å². The predicted molar refractivity (Wildman–Crippen MR) is 55.9 cm³/mol. The first-order chi connectivity index (χ1) is 9.77. The Kier molecular flexibility index (Phi) is 6.38. The normalized spacial score (nSPS) is 28.3. The van der Waals surface area contributed by atoms with Crippen LogP contribution in [0.15, 0.2) is 11.1 Å². The van der Waals surface area contributed by atoms with Crippen LogP contribution in [0.3, 0.4) is 0 Å². The van der Waals surface area contributed by atoms with Gasteiger partial charge in [-0.3, -0.25) is 4.57 Å². The molecule has 0 saturated carbocycles. The van der Waals surface area contributed by atoms with Gasteiger partial charge in [0.25, 0.3) is 10.8 Å². The van der Waals surface area contributed by atoms with Crippen LogP contribution in [0, 0.1) is 10.8 Å². The second kappa shape index (κ2) is 7.58. The van der Waals surface area contributed by atoms with E-state index in [1.165, 1.54) is 0 Å². The molecule has 12 nitrogen and oxygen atoms in total. The number of nitrogen functional groups attached to an aromatic ring is 1. The standard InChI is InChI=1S/C8H12N4O5.ClHO3/c9-7-10-2-12(8(16)11-7)6-5(15)4(14)3(1-13)17-6;2-1(3)4/h2-6,13-15H,1H2,(H2,9,11,16);2H/t3-,4-,5-,6-;/m1./s1. The SMILES string of the molecule is Nc1ncn([C@@H]2O[C@H](CO)[C@@H](O)[C@H]2O)c(=O)n1.[O-][Cl+2]([O-])O. The third-order valence-electron chi connectivity index (χ3n) is 2.54. The number of halogens is 1. The maximum Gasteiger partial charge on any atom is 0.354 e. The molecule has 0 spiro atoms. The molecule has 1 aliphatic heterocycles. The number of aliphatic hydroxyl groups excluding tert-OH is 3. The monoisotopic (exact) mass is 328 g/mol. The number of ether oxygens (including phenoxy) is 1. The molecule has 120 valence electrons. The summed E-state index contributed by atoms with van der Waals surface area (Å²) in [5, 5.41) is 28.1. The Morgan fingerprint density at radius 1 is 1.43 bits per heavy atom. The van der Waals surface area contributed by atoms with Crippen molar-refractivity contribution in [1.82, 2.24) is 14.5 Å². The van der Waals surface area contributed by atoms with E-state index in [0.29, 0.717) is 0 Å². The zero-order chi connectivity index (χ0) is 16.2. The maximum atomic E-state index is 11.5. The van der Waals surface area contributed by atoms with E-state index in [-0.39, 0.29) is 5.95 Å². The van der Waals surface area contributed by atoms with E-state index in [2.05, 4.69) is 9.97 Å². The van der Waals surface area contributed by atoms with Crippen molar-refractivity contribution in [3.63, 3.8) is 0 Å². The summed E-state index contributed by atoms with van der Waals surface area (Å²) in [6.45, 7) is -0.473. The highest BCUT2D eigenvalue weighted by atomic mass is 35.6. The van der Waals surface area contributed by atoms with Crippen molar-refractivity contribution in [2.75, 3.05) is 12.3 Å². The fraction of sp³-hybridized carbons (Fsp3) is 0.625. The Bertz CT molecular complexity index is 511. The summed E-state index contributed by atoms with van der Waals surface area (Å²) < 4.78 is 30.0. The van der Waals surface area contributed by atoms with Gasteiger partial charge in [0.1, 0.15) is 24.6 Å². The number of hydrogen-bond donors (Lipinski definition) is 5. The summed E-state index contributed by atoms with van der Waals surface area (Å²) in [6.07, 6.45) is -3.67. The van der Waals surface area contributed by atoms with Gasteiger partial charge >= 0.3 is 5.69 Å². The van der Waals surface area contributed by atoms with Crippen LogP contribution in [-0.2, 0) is 4.74 Å². The Balaban J connectivity index is 0.000000491. The molecule has 1 aromatic heterocycles. The highest BCUT2D eigenvalue weighted by molar-refractivity contribution is 5.10. The molecule has 2 heterocycles. The smallest absolute Gasteiger partial charge is 0.354 e. The molecule has 4 atom stereocenters. The van der Waals surface area contributed by atoms with Crippen LogP contribution >= 0.6 is 0 Å². The van der Waals surface area contributed by atoms with Crippen molar-refractivity contribution in [3.05, 3.63) is 16.8 Å². The molecule has 2 rings (SSSR count). The van der Waals surface area contributed by atoms with Gasteiger partial charge in [0.2, 0.25) is 5.95 Å². The van der Waals surface area contributed by atoms with Crippen LogP contribution < -0.4 is 20.7 Å². The molecule has 1 aromatic rings. The fourth-order valence-electron chi connectivity index (χ4n) is 1.64. The minimum atomic E-state index is -2.60. The largest absolute Gasteiger partial charge is 0.394 e. The fourth-order valence-corrected chi connectivity index (χ4v) is 1.64. The average Bonchev–Trinajstić information content (AvgIpc) is 2.66. The zero-order valence-electron chi connectivity index (χ0n) is 10.3.